The Balaban J connectivity index is 2.05. The molecule has 0 heterocycles. The molecular formula is C24H34N2O4S. The van der Waals surface area contributed by atoms with Crippen LogP contribution >= 0.6 is 0 Å². The molecule has 0 aliphatic carbocycles. The van der Waals surface area contributed by atoms with E-state index >= 15 is 0 Å². The number of benzene rings is 2. The van der Waals surface area contributed by atoms with E-state index in [1.165, 1.54) is 17.0 Å². The van der Waals surface area contributed by atoms with Gasteiger partial charge in [0.1, 0.15) is 5.75 Å². The normalized spacial score (nSPS) is 12.3. The van der Waals surface area contributed by atoms with Crippen molar-refractivity contribution >= 4 is 21.6 Å². The number of carbonyl (C=O) groups is 1. The molecule has 0 aliphatic heterocycles. The van der Waals surface area contributed by atoms with Gasteiger partial charge < -0.3 is 10.1 Å². The number of anilines is 1. The van der Waals surface area contributed by atoms with E-state index in [1.807, 2.05) is 0 Å². The molecule has 6 nitrogen and oxygen atoms in total. The van der Waals surface area contributed by atoms with Gasteiger partial charge in [-0.25, -0.2) is 8.42 Å². The van der Waals surface area contributed by atoms with E-state index in [0.717, 1.165) is 24.8 Å². The van der Waals surface area contributed by atoms with E-state index in [2.05, 4.69) is 19.2 Å². The highest BCUT2D eigenvalue weighted by Gasteiger charge is 2.18. The lowest BCUT2D eigenvalue weighted by atomic mass is 9.99. The first-order valence-corrected chi connectivity index (χ1v) is 12.6. The molecule has 0 fully saturated rings. The van der Waals surface area contributed by atoms with Gasteiger partial charge in [-0.05, 0) is 54.3 Å². The van der Waals surface area contributed by atoms with Gasteiger partial charge in [0.2, 0.25) is 10.0 Å². The fourth-order valence-corrected chi connectivity index (χ4v) is 4.25. The molecule has 0 aromatic heterocycles. The first-order chi connectivity index (χ1) is 14.8. The number of hydrogen-bond donors (Lipinski definition) is 1. The third-order valence-electron chi connectivity index (χ3n) is 5.40. The number of amides is 1. The zero-order chi connectivity index (χ0) is 22.9. The standard InChI is InChI=1S/C24H34N2O4S/c1-5-7-8-19(6-2)17-25-24(27)21-11-9-20(10-12-21)18-26(31(4,28)29)22-13-15-23(30-3)16-14-22/h9-16,19H,5-8,17-18H2,1-4H3,(H,25,27)/t19-/m1/s1. The number of sulfonamides is 1. The minimum Gasteiger partial charge on any atom is -0.497 e. The van der Waals surface area contributed by atoms with Crippen LogP contribution in [0.15, 0.2) is 48.5 Å². The smallest absolute Gasteiger partial charge is 0.251 e. The Morgan fingerprint density at radius 2 is 1.71 bits per heavy atom. The summed E-state index contributed by atoms with van der Waals surface area (Å²) in [6.07, 6.45) is 5.69. The third kappa shape index (κ3) is 7.58. The van der Waals surface area contributed by atoms with Gasteiger partial charge in [0.05, 0.1) is 25.6 Å². The van der Waals surface area contributed by atoms with Crippen LogP contribution in [-0.4, -0.2) is 34.2 Å². The largest absolute Gasteiger partial charge is 0.497 e. The van der Waals surface area contributed by atoms with Crippen molar-refractivity contribution in [3.8, 4) is 5.75 Å². The molecule has 0 saturated heterocycles. The van der Waals surface area contributed by atoms with Crippen LogP contribution in [0.4, 0.5) is 5.69 Å². The van der Waals surface area contributed by atoms with Crippen LogP contribution in [0.5, 0.6) is 5.75 Å². The van der Waals surface area contributed by atoms with E-state index in [0.29, 0.717) is 29.5 Å². The van der Waals surface area contributed by atoms with Crippen molar-refractivity contribution in [2.45, 2.75) is 46.1 Å². The summed E-state index contributed by atoms with van der Waals surface area (Å²) in [5.74, 6) is 1.06. The number of methoxy groups -OCH3 is 1. The number of rotatable bonds is 12. The topological polar surface area (TPSA) is 75.7 Å². The molecule has 1 atom stereocenters. The second kappa shape index (κ2) is 11.7. The highest BCUT2D eigenvalue weighted by molar-refractivity contribution is 7.92. The van der Waals surface area contributed by atoms with Crippen LogP contribution < -0.4 is 14.4 Å². The minimum absolute atomic E-state index is 0.100. The molecule has 7 heteroatoms. The van der Waals surface area contributed by atoms with Crippen LogP contribution in [0.2, 0.25) is 0 Å². The van der Waals surface area contributed by atoms with Crippen molar-refractivity contribution in [1.29, 1.82) is 0 Å². The Kier molecular flexibility index (Phi) is 9.37. The Morgan fingerprint density at radius 1 is 1.06 bits per heavy atom. The molecule has 1 amide bonds. The van der Waals surface area contributed by atoms with Crippen LogP contribution in [0.3, 0.4) is 0 Å². The fraction of sp³-hybridized carbons (Fsp3) is 0.458. The van der Waals surface area contributed by atoms with Crippen molar-refractivity contribution in [2.75, 3.05) is 24.2 Å². The molecule has 170 valence electrons. The lowest BCUT2D eigenvalue weighted by Crippen LogP contribution is -2.30. The lowest BCUT2D eigenvalue weighted by molar-refractivity contribution is 0.0946. The fourth-order valence-electron chi connectivity index (χ4n) is 3.36. The summed E-state index contributed by atoms with van der Waals surface area (Å²) in [5, 5.41) is 3.02. The number of hydrogen-bond acceptors (Lipinski definition) is 4. The number of nitrogens with zero attached hydrogens (tertiary/aromatic N) is 1. The zero-order valence-electron chi connectivity index (χ0n) is 18.9. The maximum atomic E-state index is 12.5. The maximum absolute atomic E-state index is 12.5. The molecule has 1 N–H and O–H groups in total. The summed E-state index contributed by atoms with van der Waals surface area (Å²) >= 11 is 0. The zero-order valence-corrected chi connectivity index (χ0v) is 19.7. The van der Waals surface area contributed by atoms with Crippen molar-refractivity contribution in [3.63, 3.8) is 0 Å². The number of carbonyl (C=O) groups excluding carboxylic acids is 1. The first kappa shape index (κ1) is 24.7. The van der Waals surface area contributed by atoms with Gasteiger partial charge in [-0.2, -0.15) is 0 Å². The van der Waals surface area contributed by atoms with Crippen LogP contribution in [-0.2, 0) is 16.6 Å². The third-order valence-corrected chi connectivity index (χ3v) is 6.54. The van der Waals surface area contributed by atoms with Gasteiger partial charge in [-0.3, -0.25) is 9.10 Å². The van der Waals surface area contributed by atoms with Gasteiger partial charge in [0.15, 0.2) is 0 Å². The van der Waals surface area contributed by atoms with Crippen LogP contribution in [0.25, 0.3) is 0 Å². The Morgan fingerprint density at radius 3 is 2.23 bits per heavy atom. The maximum Gasteiger partial charge on any atom is 0.251 e. The van der Waals surface area contributed by atoms with Crippen LogP contribution in [0.1, 0.15) is 55.5 Å². The molecule has 2 rings (SSSR count). The monoisotopic (exact) mass is 446 g/mol. The molecule has 2 aromatic carbocycles. The molecule has 0 saturated carbocycles. The molecule has 31 heavy (non-hydrogen) atoms. The number of nitrogens with one attached hydrogen (secondary N) is 1. The average Bonchev–Trinajstić information content (AvgIpc) is 2.77. The quantitative estimate of drug-likeness (QED) is 0.517. The van der Waals surface area contributed by atoms with Gasteiger partial charge in [0.25, 0.3) is 5.91 Å². The molecule has 0 spiro atoms. The van der Waals surface area contributed by atoms with Gasteiger partial charge in [0, 0.05) is 12.1 Å². The lowest BCUT2D eigenvalue weighted by Gasteiger charge is -2.23. The molecular weight excluding hydrogens is 412 g/mol. The van der Waals surface area contributed by atoms with Crippen molar-refractivity contribution in [3.05, 3.63) is 59.7 Å². The van der Waals surface area contributed by atoms with E-state index in [9.17, 15) is 13.2 Å². The molecule has 0 unspecified atom stereocenters. The first-order valence-electron chi connectivity index (χ1n) is 10.8. The predicted octanol–water partition coefficient (Wildman–Crippen LogP) is 4.61. The summed E-state index contributed by atoms with van der Waals surface area (Å²) in [7, 11) is -1.91. The van der Waals surface area contributed by atoms with Gasteiger partial charge in [-0.1, -0.05) is 45.2 Å². The second-order valence-electron chi connectivity index (χ2n) is 7.79. The second-order valence-corrected chi connectivity index (χ2v) is 9.70. The van der Waals surface area contributed by atoms with Crippen LogP contribution in [0, 0.1) is 5.92 Å². The number of ether oxygens (including phenoxy) is 1. The van der Waals surface area contributed by atoms with E-state index < -0.39 is 10.0 Å². The summed E-state index contributed by atoms with van der Waals surface area (Å²) in [6.45, 7) is 5.18. The van der Waals surface area contributed by atoms with E-state index in [-0.39, 0.29) is 12.5 Å². The van der Waals surface area contributed by atoms with Crippen molar-refractivity contribution < 1.29 is 17.9 Å². The number of unbranched alkanes of at least 4 members (excludes halogenated alkanes) is 1. The highest BCUT2D eigenvalue weighted by Crippen LogP contribution is 2.23. The Hall–Kier alpha value is -2.54. The minimum atomic E-state index is -3.48. The summed E-state index contributed by atoms with van der Waals surface area (Å²) < 4.78 is 31.2. The average molecular weight is 447 g/mol. The van der Waals surface area contributed by atoms with Crippen molar-refractivity contribution in [2.24, 2.45) is 5.92 Å². The summed E-state index contributed by atoms with van der Waals surface area (Å²) in [4.78, 5) is 12.5. The van der Waals surface area contributed by atoms with Crippen molar-refractivity contribution in [1.82, 2.24) is 5.32 Å². The SMILES string of the molecule is CCCC[C@@H](CC)CNC(=O)c1ccc(CN(c2ccc(OC)cc2)S(C)(=O)=O)cc1. The molecule has 0 aliphatic rings. The van der Waals surface area contributed by atoms with E-state index in [4.69, 9.17) is 4.74 Å². The Labute approximate surface area is 186 Å². The van der Waals surface area contributed by atoms with Gasteiger partial charge >= 0.3 is 0 Å². The highest BCUT2D eigenvalue weighted by atomic mass is 32.2. The summed E-state index contributed by atoms with van der Waals surface area (Å²) in [5.41, 5.74) is 1.93. The molecule has 2 aromatic rings. The predicted molar refractivity (Wildman–Crippen MR) is 126 cm³/mol. The molecule has 0 bridgehead atoms. The van der Waals surface area contributed by atoms with E-state index in [1.54, 1.807) is 55.6 Å². The summed E-state index contributed by atoms with van der Waals surface area (Å²) in [6, 6.07) is 14.0. The Bertz CT molecular complexity index is 925. The molecule has 0 radical (unpaired) electrons. The van der Waals surface area contributed by atoms with Gasteiger partial charge in [-0.15, -0.1) is 0 Å².